The zero-order valence-corrected chi connectivity index (χ0v) is 18.7. The van der Waals surface area contributed by atoms with Crippen LogP contribution in [0.1, 0.15) is 16.7 Å². The van der Waals surface area contributed by atoms with Crippen LogP contribution in [0.5, 0.6) is 11.5 Å². The first kappa shape index (κ1) is 20.5. The number of hydrogen-bond donors (Lipinski definition) is 1. The Morgan fingerprint density at radius 3 is 2.43 bits per heavy atom. The second kappa shape index (κ2) is 10.3. The molecule has 1 N–H and O–H groups in total. The lowest BCUT2D eigenvalue weighted by atomic mass is 10.1. The molecule has 0 aliphatic carbocycles. The molecule has 0 aromatic heterocycles. The summed E-state index contributed by atoms with van der Waals surface area (Å²) in [6.07, 6.45) is 2.01. The van der Waals surface area contributed by atoms with Crippen molar-refractivity contribution < 1.29 is 9.47 Å². The van der Waals surface area contributed by atoms with Crippen LogP contribution in [0.2, 0.25) is 0 Å². The van der Waals surface area contributed by atoms with Crippen molar-refractivity contribution in [2.45, 2.75) is 13.2 Å². The minimum absolute atomic E-state index is 0.443. The zero-order chi connectivity index (χ0) is 19.8. The second-order valence-corrected chi connectivity index (χ2v) is 8.90. The van der Waals surface area contributed by atoms with Gasteiger partial charge in [0, 0.05) is 18.3 Å². The van der Waals surface area contributed by atoms with E-state index in [9.17, 15) is 0 Å². The van der Waals surface area contributed by atoms with Crippen LogP contribution in [0.15, 0.2) is 76.2 Å². The van der Waals surface area contributed by atoms with E-state index in [1.807, 2.05) is 54.6 Å². The molecule has 3 aromatic carbocycles. The van der Waals surface area contributed by atoms with Gasteiger partial charge in [-0.2, -0.15) is 0 Å². The molecule has 3 rings (SSSR count). The predicted molar refractivity (Wildman–Crippen MR) is 123 cm³/mol. The maximum absolute atomic E-state index is 6.10. The standard InChI is InChI=1S/C23H21Br2NO2/c1-27-21-12-11-20(26-15-17-7-3-2-4-8-17)14-22(21)28-16-19-10-6-5-9-18(19)13-23(24)25/h2-14,26H,15-16H2,1H3. The summed E-state index contributed by atoms with van der Waals surface area (Å²) >= 11 is 6.84. The summed E-state index contributed by atoms with van der Waals surface area (Å²) in [5.41, 5.74) is 4.38. The van der Waals surface area contributed by atoms with Crippen molar-refractivity contribution in [1.29, 1.82) is 0 Å². The average Bonchev–Trinajstić information content (AvgIpc) is 2.72. The van der Waals surface area contributed by atoms with Gasteiger partial charge in [0.15, 0.2) is 11.5 Å². The van der Waals surface area contributed by atoms with Gasteiger partial charge in [0.25, 0.3) is 0 Å². The maximum Gasteiger partial charge on any atom is 0.163 e. The summed E-state index contributed by atoms with van der Waals surface area (Å²) in [5, 5.41) is 3.43. The normalized spacial score (nSPS) is 10.2. The summed E-state index contributed by atoms with van der Waals surface area (Å²) in [4.78, 5) is 0. The molecule has 0 radical (unpaired) electrons. The van der Waals surface area contributed by atoms with E-state index in [2.05, 4.69) is 61.4 Å². The Morgan fingerprint density at radius 2 is 1.68 bits per heavy atom. The van der Waals surface area contributed by atoms with E-state index in [1.54, 1.807) is 7.11 Å². The highest BCUT2D eigenvalue weighted by atomic mass is 79.9. The van der Waals surface area contributed by atoms with Gasteiger partial charge in [0.1, 0.15) is 6.61 Å². The van der Waals surface area contributed by atoms with E-state index in [-0.39, 0.29) is 0 Å². The highest BCUT2D eigenvalue weighted by Crippen LogP contribution is 2.31. The summed E-state index contributed by atoms with van der Waals surface area (Å²) in [5.74, 6) is 1.41. The molecule has 144 valence electrons. The molecular weight excluding hydrogens is 482 g/mol. The molecule has 0 amide bonds. The van der Waals surface area contributed by atoms with Crippen molar-refractivity contribution in [3.05, 3.63) is 92.9 Å². The zero-order valence-electron chi connectivity index (χ0n) is 15.5. The lowest BCUT2D eigenvalue weighted by Gasteiger charge is -2.14. The van der Waals surface area contributed by atoms with Crippen LogP contribution in [0.4, 0.5) is 5.69 Å². The largest absolute Gasteiger partial charge is 0.493 e. The van der Waals surface area contributed by atoms with Gasteiger partial charge < -0.3 is 14.8 Å². The summed E-state index contributed by atoms with van der Waals surface area (Å²) in [6, 6.07) is 24.3. The van der Waals surface area contributed by atoms with Crippen molar-refractivity contribution in [1.82, 2.24) is 0 Å². The Labute approximate surface area is 182 Å². The van der Waals surface area contributed by atoms with Crippen molar-refractivity contribution in [2.24, 2.45) is 0 Å². The molecule has 0 saturated carbocycles. The summed E-state index contributed by atoms with van der Waals surface area (Å²) in [7, 11) is 1.65. The molecule has 0 heterocycles. The fourth-order valence-corrected chi connectivity index (χ4v) is 3.27. The van der Waals surface area contributed by atoms with Crippen LogP contribution in [0.25, 0.3) is 6.08 Å². The monoisotopic (exact) mass is 501 g/mol. The number of nitrogens with one attached hydrogen (secondary N) is 1. The second-order valence-electron chi connectivity index (χ2n) is 6.13. The van der Waals surface area contributed by atoms with Crippen molar-refractivity contribution in [3.8, 4) is 11.5 Å². The Hall–Kier alpha value is -2.24. The number of halogens is 2. The Balaban J connectivity index is 1.73. The molecule has 0 saturated heterocycles. The van der Waals surface area contributed by atoms with E-state index in [0.29, 0.717) is 18.1 Å². The van der Waals surface area contributed by atoms with Crippen LogP contribution in [-0.2, 0) is 13.2 Å². The number of methoxy groups -OCH3 is 1. The van der Waals surface area contributed by atoms with Crippen molar-refractivity contribution in [2.75, 3.05) is 12.4 Å². The SMILES string of the molecule is COc1ccc(NCc2ccccc2)cc1OCc1ccccc1C=C(Br)Br. The lowest BCUT2D eigenvalue weighted by Crippen LogP contribution is -2.02. The van der Waals surface area contributed by atoms with Gasteiger partial charge in [-0.3, -0.25) is 0 Å². The van der Waals surface area contributed by atoms with Crippen LogP contribution in [0.3, 0.4) is 0 Å². The summed E-state index contributed by atoms with van der Waals surface area (Å²) < 4.78 is 12.5. The summed E-state index contributed by atoms with van der Waals surface area (Å²) in [6.45, 7) is 1.19. The molecular formula is C23H21Br2NO2. The molecule has 28 heavy (non-hydrogen) atoms. The third-order valence-electron chi connectivity index (χ3n) is 4.21. The van der Waals surface area contributed by atoms with E-state index >= 15 is 0 Å². The fraction of sp³-hybridized carbons (Fsp3) is 0.130. The van der Waals surface area contributed by atoms with Crippen LogP contribution >= 0.6 is 31.9 Å². The van der Waals surface area contributed by atoms with Gasteiger partial charge in [0.05, 0.1) is 10.5 Å². The molecule has 0 spiro atoms. The molecule has 0 atom stereocenters. The number of ether oxygens (including phenoxy) is 2. The Morgan fingerprint density at radius 1 is 0.929 bits per heavy atom. The van der Waals surface area contributed by atoms with Crippen LogP contribution < -0.4 is 14.8 Å². The van der Waals surface area contributed by atoms with Gasteiger partial charge in [-0.05, 0) is 66.8 Å². The smallest absolute Gasteiger partial charge is 0.163 e. The number of anilines is 1. The molecule has 3 aromatic rings. The number of hydrogen-bond acceptors (Lipinski definition) is 3. The average molecular weight is 503 g/mol. The minimum Gasteiger partial charge on any atom is -0.493 e. The molecule has 0 fully saturated rings. The van der Waals surface area contributed by atoms with Gasteiger partial charge in [-0.15, -0.1) is 0 Å². The first-order valence-corrected chi connectivity index (χ1v) is 10.4. The molecule has 0 aliphatic heterocycles. The quantitative estimate of drug-likeness (QED) is 0.360. The Kier molecular flexibility index (Phi) is 7.57. The highest BCUT2D eigenvalue weighted by molar-refractivity contribution is 9.28. The third-order valence-corrected chi connectivity index (χ3v) is 4.66. The van der Waals surface area contributed by atoms with Crippen molar-refractivity contribution in [3.63, 3.8) is 0 Å². The maximum atomic E-state index is 6.10. The minimum atomic E-state index is 0.443. The lowest BCUT2D eigenvalue weighted by molar-refractivity contribution is 0.284. The molecule has 5 heteroatoms. The van der Waals surface area contributed by atoms with Gasteiger partial charge in [-0.1, -0.05) is 54.6 Å². The van der Waals surface area contributed by atoms with E-state index in [1.165, 1.54) is 5.56 Å². The molecule has 3 nitrogen and oxygen atoms in total. The number of benzene rings is 3. The van der Waals surface area contributed by atoms with E-state index in [0.717, 1.165) is 26.8 Å². The first-order chi connectivity index (χ1) is 13.7. The van der Waals surface area contributed by atoms with E-state index < -0.39 is 0 Å². The Bertz CT molecular complexity index is 938. The molecule has 0 aliphatic rings. The van der Waals surface area contributed by atoms with Crippen molar-refractivity contribution >= 4 is 43.6 Å². The first-order valence-electron chi connectivity index (χ1n) is 8.85. The highest BCUT2D eigenvalue weighted by Gasteiger charge is 2.08. The fourth-order valence-electron chi connectivity index (χ4n) is 2.78. The van der Waals surface area contributed by atoms with Gasteiger partial charge in [0.2, 0.25) is 0 Å². The van der Waals surface area contributed by atoms with Crippen LogP contribution in [-0.4, -0.2) is 7.11 Å². The van der Waals surface area contributed by atoms with Crippen LogP contribution in [0, 0.1) is 0 Å². The van der Waals surface area contributed by atoms with Gasteiger partial charge >= 0.3 is 0 Å². The van der Waals surface area contributed by atoms with E-state index in [4.69, 9.17) is 9.47 Å². The third kappa shape index (κ3) is 5.88. The topological polar surface area (TPSA) is 30.5 Å². The van der Waals surface area contributed by atoms with Gasteiger partial charge in [-0.25, -0.2) is 0 Å². The predicted octanol–water partition coefficient (Wildman–Crippen LogP) is 6.97. The number of rotatable bonds is 8. The molecule has 0 unspecified atom stereocenters. The molecule has 0 bridgehead atoms.